The zero-order valence-electron chi connectivity index (χ0n) is 16.2. The largest absolute Gasteiger partial charge is 0.508 e. The van der Waals surface area contributed by atoms with Gasteiger partial charge in [-0.05, 0) is 62.6 Å². The maximum absolute atomic E-state index is 12.0. The highest BCUT2D eigenvalue weighted by Crippen LogP contribution is 2.29. The van der Waals surface area contributed by atoms with Crippen molar-refractivity contribution in [2.45, 2.75) is 27.2 Å². The van der Waals surface area contributed by atoms with Gasteiger partial charge >= 0.3 is 5.63 Å². The van der Waals surface area contributed by atoms with Crippen LogP contribution in [-0.2, 0) is 11.2 Å². The normalized spacial score (nSPS) is 10.8. The SMILES string of the molecule is Cc1c(C)c2ccc(OCC(=O)NCCc3ccc(O)cc3)c(C)c2oc1=O. The highest BCUT2D eigenvalue weighted by Gasteiger charge is 2.13. The Bertz CT molecular complexity index is 1070. The van der Waals surface area contributed by atoms with E-state index in [0.717, 1.165) is 16.5 Å². The van der Waals surface area contributed by atoms with Gasteiger partial charge in [-0.1, -0.05) is 12.1 Å². The second-order valence-corrected chi connectivity index (χ2v) is 6.76. The van der Waals surface area contributed by atoms with Gasteiger partial charge in [-0.25, -0.2) is 4.79 Å². The van der Waals surface area contributed by atoms with Gasteiger partial charge in [0, 0.05) is 23.1 Å². The molecule has 0 aliphatic rings. The van der Waals surface area contributed by atoms with Gasteiger partial charge in [0.05, 0.1) is 0 Å². The van der Waals surface area contributed by atoms with E-state index < -0.39 is 0 Å². The van der Waals surface area contributed by atoms with Crippen LogP contribution in [0.4, 0.5) is 0 Å². The fourth-order valence-electron chi connectivity index (χ4n) is 2.98. The molecule has 0 spiro atoms. The molecule has 3 rings (SSSR count). The molecule has 2 aromatic carbocycles. The van der Waals surface area contributed by atoms with Gasteiger partial charge in [0.25, 0.3) is 5.91 Å². The number of phenols is 1. The van der Waals surface area contributed by atoms with Gasteiger partial charge < -0.3 is 19.6 Å². The van der Waals surface area contributed by atoms with Crippen molar-refractivity contribution in [3.05, 3.63) is 69.1 Å². The Kier molecular flexibility index (Phi) is 5.68. The van der Waals surface area contributed by atoms with Crippen molar-refractivity contribution < 1.29 is 19.1 Å². The molecule has 0 aliphatic carbocycles. The summed E-state index contributed by atoms with van der Waals surface area (Å²) in [4.78, 5) is 24.0. The molecule has 1 amide bonds. The molecule has 0 bridgehead atoms. The predicted molar refractivity (Wildman–Crippen MR) is 107 cm³/mol. The summed E-state index contributed by atoms with van der Waals surface area (Å²) in [5.41, 5.74) is 3.30. The van der Waals surface area contributed by atoms with Gasteiger partial charge in [-0.2, -0.15) is 0 Å². The molecule has 0 saturated heterocycles. The highest BCUT2D eigenvalue weighted by atomic mass is 16.5. The Labute approximate surface area is 162 Å². The van der Waals surface area contributed by atoms with Crippen molar-refractivity contribution in [1.29, 1.82) is 0 Å². The smallest absolute Gasteiger partial charge is 0.339 e. The van der Waals surface area contributed by atoms with E-state index in [1.54, 1.807) is 32.0 Å². The summed E-state index contributed by atoms with van der Waals surface area (Å²) in [5, 5.41) is 12.9. The molecular weight excluding hydrogens is 358 g/mol. The number of ether oxygens (including phenoxy) is 1. The zero-order chi connectivity index (χ0) is 20.3. The lowest BCUT2D eigenvalue weighted by Crippen LogP contribution is -2.30. The van der Waals surface area contributed by atoms with E-state index in [1.165, 1.54) is 0 Å². The van der Waals surface area contributed by atoms with Crippen molar-refractivity contribution in [1.82, 2.24) is 5.32 Å². The summed E-state index contributed by atoms with van der Waals surface area (Å²) in [7, 11) is 0. The number of rotatable bonds is 6. The fraction of sp³-hybridized carbons (Fsp3) is 0.273. The van der Waals surface area contributed by atoms with Crippen LogP contribution in [0.5, 0.6) is 11.5 Å². The predicted octanol–water partition coefficient (Wildman–Crippen LogP) is 3.16. The first kappa shape index (κ1) is 19.5. The monoisotopic (exact) mass is 381 g/mol. The van der Waals surface area contributed by atoms with Crippen LogP contribution in [0.15, 0.2) is 45.6 Å². The maximum atomic E-state index is 12.0. The van der Waals surface area contributed by atoms with E-state index >= 15 is 0 Å². The van der Waals surface area contributed by atoms with Crippen molar-refractivity contribution in [3.8, 4) is 11.5 Å². The van der Waals surface area contributed by atoms with Crippen LogP contribution in [0.1, 0.15) is 22.3 Å². The second-order valence-electron chi connectivity index (χ2n) is 6.76. The molecule has 1 heterocycles. The van der Waals surface area contributed by atoms with Gasteiger partial charge in [0.2, 0.25) is 0 Å². The van der Waals surface area contributed by atoms with E-state index in [-0.39, 0.29) is 23.9 Å². The molecule has 0 saturated carbocycles. The Morgan fingerprint density at radius 3 is 2.46 bits per heavy atom. The van der Waals surface area contributed by atoms with E-state index in [2.05, 4.69) is 5.32 Å². The van der Waals surface area contributed by atoms with E-state index in [4.69, 9.17) is 9.15 Å². The number of phenolic OH excluding ortho intramolecular Hbond substituents is 1. The van der Waals surface area contributed by atoms with Gasteiger partial charge in [0.1, 0.15) is 17.1 Å². The molecule has 2 N–H and O–H groups in total. The lowest BCUT2D eigenvalue weighted by atomic mass is 10.0. The van der Waals surface area contributed by atoms with Crippen LogP contribution in [0.25, 0.3) is 11.0 Å². The number of benzene rings is 2. The lowest BCUT2D eigenvalue weighted by Gasteiger charge is -2.12. The van der Waals surface area contributed by atoms with E-state index in [1.807, 2.05) is 25.1 Å². The van der Waals surface area contributed by atoms with Crippen LogP contribution in [0, 0.1) is 20.8 Å². The average molecular weight is 381 g/mol. The van der Waals surface area contributed by atoms with Crippen LogP contribution in [-0.4, -0.2) is 24.2 Å². The summed E-state index contributed by atoms with van der Waals surface area (Å²) in [6, 6.07) is 10.5. The van der Waals surface area contributed by atoms with Crippen molar-refractivity contribution in [2.75, 3.05) is 13.2 Å². The van der Waals surface area contributed by atoms with Gasteiger partial charge in [0.15, 0.2) is 6.61 Å². The molecule has 0 atom stereocenters. The summed E-state index contributed by atoms with van der Waals surface area (Å²) in [6.45, 7) is 5.77. The number of aryl methyl sites for hydroxylation is 2. The van der Waals surface area contributed by atoms with Crippen LogP contribution in [0.2, 0.25) is 0 Å². The van der Waals surface area contributed by atoms with Crippen LogP contribution >= 0.6 is 0 Å². The summed E-state index contributed by atoms with van der Waals surface area (Å²) >= 11 is 0. The molecule has 6 heteroatoms. The van der Waals surface area contributed by atoms with Crippen LogP contribution in [0.3, 0.4) is 0 Å². The van der Waals surface area contributed by atoms with E-state index in [0.29, 0.717) is 35.4 Å². The van der Waals surface area contributed by atoms with E-state index in [9.17, 15) is 14.7 Å². The molecule has 6 nitrogen and oxygen atoms in total. The second kappa shape index (κ2) is 8.17. The van der Waals surface area contributed by atoms with Crippen molar-refractivity contribution in [3.63, 3.8) is 0 Å². The first-order valence-corrected chi connectivity index (χ1v) is 9.08. The first-order valence-electron chi connectivity index (χ1n) is 9.08. The molecule has 3 aromatic rings. The van der Waals surface area contributed by atoms with Gasteiger partial charge in [-0.3, -0.25) is 4.79 Å². The number of carbonyl (C=O) groups is 1. The number of amides is 1. The maximum Gasteiger partial charge on any atom is 0.339 e. The molecule has 146 valence electrons. The minimum atomic E-state index is -0.364. The Morgan fingerprint density at radius 2 is 1.75 bits per heavy atom. The number of aromatic hydroxyl groups is 1. The molecular formula is C22H23NO5. The summed E-state index contributed by atoms with van der Waals surface area (Å²) in [6.07, 6.45) is 0.658. The minimum Gasteiger partial charge on any atom is -0.508 e. The highest BCUT2D eigenvalue weighted by molar-refractivity contribution is 5.85. The zero-order valence-corrected chi connectivity index (χ0v) is 16.2. The summed E-state index contributed by atoms with van der Waals surface area (Å²) in [5.74, 6) is 0.487. The lowest BCUT2D eigenvalue weighted by molar-refractivity contribution is -0.123. The summed E-state index contributed by atoms with van der Waals surface area (Å²) < 4.78 is 11.0. The molecule has 0 radical (unpaired) electrons. The van der Waals surface area contributed by atoms with Crippen molar-refractivity contribution in [2.24, 2.45) is 0 Å². The first-order chi connectivity index (χ1) is 13.4. The number of hydrogen-bond donors (Lipinski definition) is 2. The van der Waals surface area contributed by atoms with Gasteiger partial charge in [-0.15, -0.1) is 0 Å². The Morgan fingerprint density at radius 1 is 1.04 bits per heavy atom. The average Bonchev–Trinajstić information content (AvgIpc) is 2.68. The Hall–Kier alpha value is -3.28. The third-order valence-electron chi connectivity index (χ3n) is 4.85. The van der Waals surface area contributed by atoms with Crippen LogP contribution < -0.4 is 15.7 Å². The molecule has 0 aliphatic heterocycles. The minimum absolute atomic E-state index is 0.128. The molecule has 1 aromatic heterocycles. The molecule has 0 unspecified atom stereocenters. The number of carbonyl (C=O) groups excluding carboxylic acids is 1. The number of nitrogens with one attached hydrogen (secondary N) is 1. The Balaban J connectivity index is 1.61. The quantitative estimate of drug-likeness (QED) is 0.640. The third kappa shape index (κ3) is 4.17. The van der Waals surface area contributed by atoms with Crippen molar-refractivity contribution >= 4 is 16.9 Å². The topological polar surface area (TPSA) is 88.8 Å². The number of hydrogen-bond acceptors (Lipinski definition) is 5. The molecule has 28 heavy (non-hydrogen) atoms. The fourth-order valence-corrected chi connectivity index (χ4v) is 2.98. The molecule has 0 fully saturated rings. The number of fused-ring (bicyclic) bond motifs is 1. The standard InChI is InChI=1S/C22H23NO5/c1-13-14(2)22(26)28-21-15(3)19(9-8-18(13)21)27-12-20(25)23-11-10-16-4-6-17(24)7-5-16/h4-9,24H,10-12H2,1-3H3,(H,23,25). The third-order valence-corrected chi connectivity index (χ3v) is 4.85.